The molecule has 2 N–H and O–H groups in total. The number of likely N-dealkylation sites (tertiary alicyclic amines) is 1. The lowest BCUT2D eigenvalue weighted by atomic mass is 9.79. The van der Waals surface area contributed by atoms with Crippen molar-refractivity contribution in [2.75, 3.05) is 13.1 Å². The molecule has 3 nitrogen and oxygen atoms in total. The maximum Gasteiger partial charge on any atom is 0.255 e. The van der Waals surface area contributed by atoms with Gasteiger partial charge < -0.3 is 10.6 Å². The van der Waals surface area contributed by atoms with Crippen LogP contribution >= 0.6 is 11.6 Å². The highest BCUT2D eigenvalue weighted by molar-refractivity contribution is 6.34. The van der Waals surface area contributed by atoms with Gasteiger partial charge in [0, 0.05) is 19.1 Å². The molecule has 1 unspecified atom stereocenters. The number of hydrogen-bond donors (Lipinski definition) is 1. The lowest BCUT2D eigenvalue weighted by Crippen LogP contribution is -2.54. The number of rotatable bonds is 2. The first kappa shape index (κ1) is 17.0. The summed E-state index contributed by atoms with van der Waals surface area (Å²) in [6.45, 7) is 5.55. The van der Waals surface area contributed by atoms with Crippen molar-refractivity contribution in [2.45, 2.75) is 26.3 Å². The first-order valence-electron chi connectivity index (χ1n) is 8.28. The molecule has 1 heterocycles. The van der Waals surface area contributed by atoms with Crippen LogP contribution in [0.5, 0.6) is 0 Å². The summed E-state index contributed by atoms with van der Waals surface area (Å²) in [6, 6.07) is 15.8. The minimum Gasteiger partial charge on any atom is -0.338 e. The predicted molar refractivity (Wildman–Crippen MR) is 99.2 cm³/mol. The van der Waals surface area contributed by atoms with Crippen LogP contribution in [0.2, 0.25) is 5.02 Å². The molecule has 2 aromatic carbocycles. The molecule has 0 bridgehead atoms. The van der Waals surface area contributed by atoms with Gasteiger partial charge in [0.05, 0.1) is 10.6 Å². The molecule has 0 aromatic heterocycles. The van der Waals surface area contributed by atoms with Gasteiger partial charge in [-0.2, -0.15) is 0 Å². The molecule has 1 saturated heterocycles. The number of carbonyl (C=O) groups is 1. The highest BCUT2D eigenvalue weighted by atomic mass is 35.5. The van der Waals surface area contributed by atoms with Gasteiger partial charge in [0.2, 0.25) is 0 Å². The summed E-state index contributed by atoms with van der Waals surface area (Å²) in [5.74, 6) is -0.0160. The van der Waals surface area contributed by atoms with Crippen molar-refractivity contribution < 1.29 is 4.79 Å². The Bertz CT molecular complexity index is 743. The minimum atomic E-state index is -0.0859. The van der Waals surface area contributed by atoms with E-state index >= 15 is 0 Å². The summed E-state index contributed by atoms with van der Waals surface area (Å²) in [5, 5.41) is 0.493. The van der Waals surface area contributed by atoms with E-state index < -0.39 is 0 Å². The minimum absolute atomic E-state index is 0.0160. The lowest BCUT2D eigenvalue weighted by molar-refractivity contribution is 0.0533. The molecule has 24 heavy (non-hydrogen) atoms. The fourth-order valence-corrected chi connectivity index (χ4v) is 3.42. The maximum absolute atomic E-state index is 13.0. The zero-order valence-electron chi connectivity index (χ0n) is 14.1. The Morgan fingerprint density at radius 2 is 1.88 bits per heavy atom. The van der Waals surface area contributed by atoms with E-state index in [2.05, 4.69) is 13.8 Å². The fourth-order valence-electron chi connectivity index (χ4n) is 3.22. The first-order chi connectivity index (χ1) is 11.4. The molecule has 1 aliphatic heterocycles. The number of halogens is 1. The molecule has 4 heteroatoms. The molecule has 126 valence electrons. The van der Waals surface area contributed by atoms with Crippen LogP contribution in [0.4, 0.5) is 0 Å². The second-order valence-electron chi connectivity index (χ2n) is 7.17. The van der Waals surface area contributed by atoms with E-state index in [1.165, 1.54) is 0 Å². The predicted octanol–water partition coefficient (Wildman–Crippen LogP) is 4.21. The van der Waals surface area contributed by atoms with E-state index in [-0.39, 0.29) is 17.4 Å². The largest absolute Gasteiger partial charge is 0.338 e. The molecular weight excluding hydrogens is 320 g/mol. The Balaban J connectivity index is 1.90. The average Bonchev–Trinajstić information content (AvgIpc) is 2.58. The van der Waals surface area contributed by atoms with Gasteiger partial charge in [0.1, 0.15) is 0 Å². The van der Waals surface area contributed by atoms with Crippen molar-refractivity contribution in [1.82, 2.24) is 4.90 Å². The van der Waals surface area contributed by atoms with Crippen molar-refractivity contribution in [3.63, 3.8) is 0 Å². The van der Waals surface area contributed by atoms with Gasteiger partial charge in [-0.05, 0) is 35.1 Å². The maximum atomic E-state index is 13.0. The van der Waals surface area contributed by atoms with Crippen LogP contribution in [-0.2, 0) is 0 Å². The average molecular weight is 343 g/mol. The van der Waals surface area contributed by atoms with Crippen LogP contribution in [-0.4, -0.2) is 29.9 Å². The van der Waals surface area contributed by atoms with E-state index in [9.17, 15) is 4.79 Å². The second kappa shape index (κ2) is 6.58. The quantitative estimate of drug-likeness (QED) is 0.888. The van der Waals surface area contributed by atoms with E-state index in [4.69, 9.17) is 17.3 Å². The highest BCUT2D eigenvalue weighted by Gasteiger charge is 2.36. The zero-order chi connectivity index (χ0) is 17.3. The normalized spacial score (nSPS) is 20.0. The SMILES string of the molecule is CC1(C)CN(C(=O)c2cc(-c3ccccc3)ccc2Cl)CCC1N. The third-order valence-corrected chi connectivity index (χ3v) is 5.23. The fraction of sp³-hybridized carbons (Fsp3) is 0.350. The van der Waals surface area contributed by atoms with Gasteiger partial charge in [-0.3, -0.25) is 4.79 Å². The summed E-state index contributed by atoms with van der Waals surface area (Å²) in [4.78, 5) is 14.9. The Morgan fingerprint density at radius 3 is 2.54 bits per heavy atom. The van der Waals surface area contributed by atoms with Crippen molar-refractivity contribution in [2.24, 2.45) is 11.1 Å². The molecule has 0 aliphatic carbocycles. The smallest absolute Gasteiger partial charge is 0.255 e. The molecular formula is C20H23ClN2O. The Kier molecular flexibility index (Phi) is 4.66. The summed E-state index contributed by atoms with van der Waals surface area (Å²) >= 11 is 6.33. The Labute approximate surface area is 148 Å². The summed E-state index contributed by atoms with van der Waals surface area (Å²) in [5.41, 5.74) is 8.72. The Hall–Kier alpha value is -1.84. The number of piperidine rings is 1. The van der Waals surface area contributed by atoms with Crippen molar-refractivity contribution in [1.29, 1.82) is 0 Å². The molecule has 0 spiro atoms. The van der Waals surface area contributed by atoms with E-state index in [0.29, 0.717) is 23.7 Å². The zero-order valence-corrected chi connectivity index (χ0v) is 14.9. The molecule has 1 fully saturated rings. The van der Waals surface area contributed by atoms with Gasteiger partial charge in [0.25, 0.3) is 5.91 Å². The monoisotopic (exact) mass is 342 g/mol. The third-order valence-electron chi connectivity index (χ3n) is 4.90. The third kappa shape index (κ3) is 3.33. The first-order valence-corrected chi connectivity index (χ1v) is 8.66. The van der Waals surface area contributed by atoms with Gasteiger partial charge in [0.15, 0.2) is 0 Å². The Morgan fingerprint density at radius 1 is 1.17 bits per heavy atom. The van der Waals surface area contributed by atoms with Crippen LogP contribution in [0.1, 0.15) is 30.6 Å². The summed E-state index contributed by atoms with van der Waals surface area (Å²) in [6.07, 6.45) is 0.814. The number of hydrogen-bond acceptors (Lipinski definition) is 2. The molecule has 3 rings (SSSR count). The van der Waals surface area contributed by atoms with Gasteiger partial charge >= 0.3 is 0 Å². The number of nitrogens with two attached hydrogens (primary N) is 1. The number of nitrogens with zero attached hydrogens (tertiary/aromatic N) is 1. The molecule has 0 radical (unpaired) electrons. The van der Waals surface area contributed by atoms with Crippen molar-refractivity contribution in [3.8, 4) is 11.1 Å². The molecule has 0 saturated carbocycles. The molecule has 1 aliphatic rings. The molecule has 1 amide bonds. The van der Waals surface area contributed by atoms with Crippen LogP contribution < -0.4 is 5.73 Å². The second-order valence-corrected chi connectivity index (χ2v) is 7.58. The molecule has 2 aromatic rings. The summed E-state index contributed by atoms with van der Waals surface area (Å²) in [7, 11) is 0. The van der Waals surface area contributed by atoms with Crippen LogP contribution in [0.3, 0.4) is 0 Å². The molecule has 1 atom stereocenters. The number of carbonyl (C=O) groups excluding carboxylic acids is 1. The van der Waals surface area contributed by atoms with E-state index in [1.54, 1.807) is 6.07 Å². The van der Waals surface area contributed by atoms with E-state index in [1.807, 2.05) is 47.4 Å². The standard InChI is InChI=1S/C20H23ClN2O/c1-20(2)13-23(11-10-18(20)22)19(24)16-12-15(8-9-17(16)21)14-6-4-3-5-7-14/h3-9,12,18H,10-11,13,22H2,1-2H3. The summed E-state index contributed by atoms with van der Waals surface area (Å²) < 4.78 is 0. The number of amides is 1. The van der Waals surface area contributed by atoms with Gasteiger partial charge in [-0.25, -0.2) is 0 Å². The van der Waals surface area contributed by atoms with Gasteiger partial charge in [-0.15, -0.1) is 0 Å². The van der Waals surface area contributed by atoms with Crippen LogP contribution in [0, 0.1) is 5.41 Å². The lowest BCUT2D eigenvalue weighted by Gasteiger charge is -2.42. The van der Waals surface area contributed by atoms with Crippen molar-refractivity contribution >= 4 is 17.5 Å². The highest BCUT2D eigenvalue weighted by Crippen LogP contribution is 2.31. The van der Waals surface area contributed by atoms with Gasteiger partial charge in [-0.1, -0.05) is 61.8 Å². The number of benzene rings is 2. The van der Waals surface area contributed by atoms with Crippen LogP contribution in [0.15, 0.2) is 48.5 Å². The van der Waals surface area contributed by atoms with E-state index in [0.717, 1.165) is 17.5 Å². The van der Waals surface area contributed by atoms with Crippen molar-refractivity contribution in [3.05, 3.63) is 59.1 Å². The van der Waals surface area contributed by atoms with Crippen LogP contribution in [0.25, 0.3) is 11.1 Å². The topological polar surface area (TPSA) is 46.3 Å².